The number of nitrogens with one attached hydrogen (secondary N) is 2. The van der Waals surface area contributed by atoms with E-state index in [9.17, 15) is 9.59 Å². The zero-order valence-electron chi connectivity index (χ0n) is 15.4. The second kappa shape index (κ2) is 9.09. The van der Waals surface area contributed by atoms with Crippen LogP contribution >= 0.6 is 0 Å². The Balaban J connectivity index is 1.45. The van der Waals surface area contributed by atoms with Gasteiger partial charge < -0.3 is 10.2 Å². The molecule has 2 N–H and O–H groups in total. The zero-order valence-corrected chi connectivity index (χ0v) is 15.4. The quantitative estimate of drug-likeness (QED) is 0.600. The van der Waals surface area contributed by atoms with Crippen LogP contribution in [-0.4, -0.2) is 41.1 Å². The maximum Gasteiger partial charge on any atom is 0.272 e. The largest absolute Gasteiger partial charge is 0.356 e. The van der Waals surface area contributed by atoms with Crippen LogP contribution in [0.25, 0.3) is 10.8 Å². The van der Waals surface area contributed by atoms with Gasteiger partial charge in [0.2, 0.25) is 5.91 Å². The van der Waals surface area contributed by atoms with Crippen LogP contribution in [0.4, 0.5) is 0 Å². The van der Waals surface area contributed by atoms with E-state index in [4.69, 9.17) is 0 Å². The van der Waals surface area contributed by atoms with Crippen molar-refractivity contribution in [2.75, 3.05) is 20.1 Å². The number of rotatable bonds is 8. The van der Waals surface area contributed by atoms with E-state index < -0.39 is 0 Å². The number of fused-ring (bicyclic) bond motifs is 1. The summed E-state index contributed by atoms with van der Waals surface area (Å²) in [5.74, 6) is -0.0922. The lowest BCUT2D eigenvalue weighted by Crippen LogP contribution is -2.29. The van der Waals surface area contributed by atoms with Crippen molar-refractivity contribution >= 4 is 16.7 Å². The van der Waals surface area contributed by atoms with E-state index in [1.54, 1.807) is 12.1 Å². The molecule has 3 aromatic rings. The molecule has 6 nitrogen and oxygen atoms in total. The summed E-state index contributed by atoms with van der Waals surface area (Å²) in [6.07, 6.45) is 1.02. The van der Waals surface area contributed by atoms with Crippen LogP contribution in [0.15, 0.2) is 59.4 Å². The molecule has 0 aliphatic rings. The smallest absolute Gasteiger partial charge is 0.272 e. The van der Waals surface area contributed by atoms with E-state index in [2.05, 4.69) is 39.6 Å². The highest BCUT2D eigenvalue weighted by molar-refractivity contribution is 5.88. The summed E-state index contributed by atoms with van der Waals surface area (Å²) >= 11 is 0. The second-order valence-electron chi connectivity index (χ2n) is 6.65. The lowest BCUT2D eigenvalue weighted by molar-refractivity contribution is -0.120. The first-order valence-corrected chi connectivity index (χ1v) is 9.09. The Bertz CT molecular complexity index is 953. The number of aromatic nitrogens is 2. The molecule has 0 saturated heterocycles. The standard InChI is InChI=1S/C21H24N4O2/c1-25(15-16-8-3-2-4-9-16)13-7-12-22-20(26)14-19-17-10-5-6-11-18(17)21(27)24-23-19/h2-6,8-11H,7,12-15H2,1H3,(H,22,26)(H,24,27). The SMILES string of the molecule is CN(CCCNC(=O)Cc1n[nH]c(=O)c2ccccc12)Cc1ccccc1. The van der Waals surface area contributed by atoms with Crippen LogP contribution in [0.3, 0.4) is 0 Å². The molecule has 0 aliphatic heterocycles. The molecule has 3 rings (SSSR count). The highest BCUT2D eigenvalue weighted by Crippen LogP contribution is 2.12. The molecule has 0 spiro atoms. The number of carbonyl (C=O) groups is 1. The fourth-order valence-corrected chi connectivity index (χ4v) is 3.07. The third-order valence-corrected chi connectivity index (χ3v) is 4.44. The van der Waals surface area contributed by atoms with Crippen molar-refractivity contribution in [3.63, 3.8) is 0 Å². The average molecular weight is 364 g/mol. The van der Waals surface area contributed by atoms with Gasteiger partial charge >= 0.3 is 0 Å². The van der Waals surface area contributed by atoms with Gasteiger partial charge in [0.25, 0.3) is 5.56 Å². The van der Waals surface area contributed by atoms with Crippen LogP contribution in [-0.2, 0) is 17.8 Å². The molecular formula is C21H24N4O2. The number of aromatic amines is 1. The fourth-order valence-electron chi connectivity index (χ4n) is 3.07. The average Bonchev–Trinajstić information content (AvgIpc) is 2.68. The third-order valence-electron chi connectivity index (χ3n) is 4.44. The summed E-state index contributed by atoms with van der Waals surface area (Å²) in [5, 5.41) is 10.7. The predicted octanol–water partition coefficient (Wildman–Crippen LogP) is 2.10. The van der Waals surface area contributed by atoms with Gasteiger partial charge in [-0.3, -0.25) is 9.59 Å². The summed E-state index contributed by atoms with van der Waals surface area (Å²) in [7, 11) is 2.07. The number of benzene rings is 2. The van der Waals surface area contributed by atoms with Gasteiger partial charge in [0.05, 0.1) is 17.5 Å². The van der Waals surface area contributed by atoms with E-state index in [-0.39, 0.29) is 17.9 Å². The van der Waals surface area contributed by atoms with E-state index in [0.717, 1.165) is 24.9 Å². The molecule has 0 radical (unpaired) electrons. The number of amides is 1. The first-order valence-electron chi connectivity index (χ1n) is 9.09. The van der Waals surface area contributed by atoms with Gasteiger partial charge in [-0.1, -0.05) is 48.5 Å². The Hall–Kier alpha value is -2.99. The number of H-pyrrole nitrogens is 1. The highest BCUT2D eigenvalue weighted by Gasteiger charge is 2.10. The monoisotopic (exact) mass is 364 g/mol. The molecule has 0 fully saturated rings. The summed E-state index contributed by atoms with van der Waals surface area (Å²) in [6, 6.07) is 17.5. The maximum absolute atomic E-state index is 12.2. The first kappa shape index (κ1) is 18.8. The molecule has 0 saturated carbocycles. The number of hydrogen-bond donors (Lipinski definition) is 2. The van der Waals surface area contributed by atoms with Gasteiger partial charge in [-0.05, 0) is 31.6 Å². The first-order chi connectivity index (χ1) is 13.1. The van der Waals surface area contributed by atoms with E-state index in [0.29, 0.717) is 17.6 Å². The van der Waals surface area contributed by atoms with E-state index in [1.807, 2.05) is 30.3 Å². The van der Waals surface area contributed by atoms with Gasteiger partial charge in [-0.15, -0.1) is 0 Å². The Kier molecular flexibility index (Phi) is 6.33. The number of hydrogen-bond acceptors (Lipinski definition) is 4. The Morgan fingerprint density at radius 1 is 1.07 bits per heavy atom. The van der Waals surface area contributed by atoms with Crippen LogP contribution < -0.4 is 10.9 Å². The molecule has 6 heteroatoms. The lowest BCUT2D eigenvalue weighted by Gasteiger charge is -2.16. The van der Waals surface area contributed by atoms with Crippen molar-refractivity contribution in [3.05, 3.63) is 76.2 Å². The predicted molar refractivity (Wildman–Crippen MR) is 106 cm³/mol. The van der Waals surface area contributed by atoms with Crippen molar-refractivity contribution in [2.45, 2.75) is 19.4 Å². The normalized spacial score (nSPS) is 11.0. The number of carbonyl (C=O) groups excluding carboxylic acids is 1. The molecule has 2 aromatic carbocycles. The molecule has 140 valence electrons. The molecule has 0 unspecified atom stereocenters. The van der Waals surface area contributed by atoms with Crippen LogP contribution in [0.2, 0.25) is 0 Å². The Morgan fingerprint density at radius 3 is 2.56 bits per heavy atom. The molecule has 0 bridgehead atoms. The minimum absolute atomic E-state index is 0.0922. The van der Waals surface area contributed by atoms with Crippen LogP contribution in [0.5, 0.6) is 0 Å². The third kappa shape index (κ3) is 5.24. The fraction of sp³-hybridized carbons (Fsp3) is 0.286. The molecule has 27 heavy (non-hydrogen) atoms. The lowest BCUT2D eigenvalue weighted by atomic mass is 10.1. The van der Waals surface area contributed by atoms with Crippen molar-refractivity contribution in [1.82, 2.24) is 20.4 Å². The van der Waals surface area contributed by atoms with Gasteiger partial charge in [-0.2, -0.15) is 5.10 Å². The summed E-state index contributed by atoms with van der Waals surface area (Å²) in [6.45, 7) is 2.40. The van der Waals surface area contributed by atoms with Crippen LogP contribution in [0, 0.1) is 0 Å². The van der Waals surface area contributed by atoms with Crippen LogP contribution in [0.1, 0.15) is 17.7 Å². The van der Waals surface area contributed by atoms with Crippen molar-refractivity contribution in [3.8, 4) is 0 Å². The second-order valence-corrected chi connectivity index (χ2v) is 6.65. The van der Waals surface area contributed by atoms with Gasteiger partial charge in [0.15, 0.2) is 0 Å². The molecule has 1 aromatic heterocycles. The molecule has 1 heterocycles. The van der Waals surface area contributed by atoms with Crippen molar-refractivity contribution < 1.29 is 4.79 Å². The summed E-state index contributed by atoms with van der Waals surface area (Å²) in [5.41, 5.74) is 1.63. The highest BCUT2D eigenvalue weighted by atomic mass is 16.1. The Labute approximate surface area is 158 Å². The molecule has 0 aliphatic carbocycles. The van der Waals surface area contributed by atoms with E-state index in [1.165, 1.54) is 5.56 Å². The minimum atomic E-state index is -0.240. The molecular weight excluding hydrogens is 340 g/mol. The maximum atomic E-state index is 12.2. The minimum Gasteiger partial charge on any atom is -0.356 e. The Morgan fingerprint density at radius 2 is 1.78 bits per heavy atom. The van der Waals surface area contributed by atoms with Gasteiger partial charge in [-0.25, -0.2) is 5.10 Å². The van der Waals surface area contributed by atoms with Crippen molar-refractivity contribution in [1.29, 1.82) is 0 Å². The summed E-state index contributed by atoms with van der Waals surface area (Å²) < 4.78 is 0. The molecule has 0 atom stereocenters. The van der Waals surface area contributed by atoms with Gasteiger partial charge in [0, 0.05) is 18.5 Å². The van der Waals surface area contributed by atoms with E-state index >= 15 is 0 Å². The van der Waals surface area contributed by atoms with Gasteiger partial charge in [0.1, 0.15) is 0 Å². The number of nitrogens with zero attached hydrogens (tertiary/aromatic N) is 2. The topological polar surface area (TPSA) is 78.1 Å². The molecule has 1 amide bonds. The van der Waals surface area contributed by atoms with Crippen molar-refractivity contribution in [2.24, 2.45) is 0 Å². The zero-order chi connectivity index (χ0) is 19.1. The summed E-state index contributed by atoms with van der Waals surface area (Å²) in [4.78, 5) is 26.3.